The number of carbonyl (C=O) groups is 1. The fourth-order valence-electron chi connectivity index (χ4n) is 3.28. The van der Waals surface area contributed by atoms with Crippen LogP contribution in [0.2, 0.25) is 0 Å². The minimum absolute atomic E-state index is 0.218. The van der Waals surface area contributed by atoms with Crippen molar-refractivity contribution in [2.75, 3.05) is 20.3 Å². The highest BCUT2D eigenvalue weighted by Gasteiger charge is 2.27. The van der Waals surface area contributed by atoms with E-state index in [-0.39, 0.29) is 18.0 Å². The van der Waals surface area contributed by atoms with Crippen molar-refractivity contribution in [2.24, 2.45) is 0 Å². The van der Waals surface area contributed by atoms with E-state index in [0.29, 0.717) is 29.6 Å². The first-order chi connectivity index (χ1) is 13.6. The molecule has 0 saturated carbocycles. The van der Waals surface area contributed by atoms with Gasteiger partial charge in [-0.25, -0.2) is 4.79 Å². The van der Waals surface area contributed by atoms with Crippen molar-refractivity contribution >= 4 is 16.8 Å². The molecule has 0 saturated heterocycles. The zero-order valence-corrected chi connectivity index (χ0v) is 15.9. The summed E-state index contributed by atoms with van der Waals surface area (Å²) in [5.41, 5.74) is 0.219. The molecule has 1 unspecified atom stereocenters. The van der Waals surface area contributed by atoms with Gasteiger partial charge in [0.05, 0.1) is 17.5 Å². The molecule has 7 nitrogen and oxygen atoms in total. The summed E-state index contributed by atoms with van der Waals surface area (Å²) in [5, 5.41) is 3.21. The number of nitrogens with zero attached hydrogens (tertiary/aromatic N) is 2. The molecule has 1 amide bonds. The summed E-state index contributed by atoms with van der Waals surface area (Å²) in [6.45, 7) is 2.63. The molecule has 0 aliphatic heterocycles. The Morgan fingerprint density at radius 3 is 2.43 bits per heavy atom. The van der Waals surface area contributed by atoms with Crippen LogP contribution in [0.3, 0.4) is 0 Å². The monoisotopic (exact) mass is 381 g/mol. The fourth-order valence-corrected chi connectivity index (χ4v) is 3.28. The maximum absolute atomic E-state index is 13.2. The van der Waals surface area contributed by atoms with Crippen LogP contribution in [0.4, 0.5) is 0 Å². The number of ether oxygens (including phenoxy) is 1. The second kappa shape index (κ2) is 8.67. The SMILES string of the molecule is CCn1c(=O)c2ccccc2n(C(C(=O)NCCOC)c2ccccc2)c1=O. The van der Waals surface area contributed by atoms with Crippen LogP contribution in [0.1, 0.15) is 18.5 Å². The summed E-state index contributed by atoms with van der Waals surface area (Å²) < 4.78 is 7.55. The molecule has 0 fully saturated rings. The Kier molecular flexibility index (Phi) is 6.06. The Morgan fingerprint density at radius 2 is 1.75 bits per heavy atom. The molecule has 1 N–H and O–H groups in total. The number of rotatable bonds is 7. The first kappa shape index (κ1) is 19.6. The van der Waals surface area contributed by atoms with Crippen LogP contribution >= 0.6 is 0 Å². The molecule has 1 atom stereocenters. The quantitative estimate of drug-likeness (QED) is 0.630. The molecule has 0 spiro atoms. The first-order valence-electron chi connectivity index (χ1n) is 9.15. The van der Waals surface area contributed by atoms with E-state index in [4.69, 9.17) is 4.74 Å². The first-order valence-corrected chi connectivity index (χ1v) is 9.15. The predicted octanol–water partition coefficient (Wildman–Crippen LogP) is 1.54. The van der Waals surface area contributed by atoms with Crippen LogP contribution in [0.5, 0.6) is 0 Å². The van der Waals surface area contributed by atoms with Crippen molar-refractivity contribution in [3.63, 3.8) is 0 Å². The lowest BCUT2D eigenvalue weighted by atomic mass is 10.0. The Hall–Kier alpha value is -3.19. The Bertz CT molecular complexity index is 1090. The zero-order valence-electron chi connectivity index (χ0n) is 15.9. The van der Waals surface area contributed by atoms with Gasteiger partial charge in [-0.05, 0) is 24.6 Å². The van der Waals surface area contributed by atoms with Gasteiger partial charge in [-0.3, -0.25) is 18.7 Å². The van der Waals surface area contributed by atoms with E-state index in [1.54, 1.807) is 50.4 Å². The van der Waals surface area contributed by atoms with Gasteiger partial charge in [-0.1, -0.05) is 42.5 Å². The number of hydrogen-bond donors (Lipinski definition) is 1. The van der Waals surface area contributed by atoms with Crippen LogP contribution in [-0.2, 0) is 16.1 Å². The maximum Gasteiger partial charge on any atom is 0.332 e. The average Bonchev–Trinajstić information content (AvgIpc) is 2.72. The predicted molar refractivity (Wildman–Crippen MR) is 108 cm³/mol. The molecule has 146 valence electrons. The van der Waals surface area contributed by atoms with E-state index in [9.17, 15) is 14.4 Å². The summed E-state index contributed by atoms with van der Waals surface area (Å²) in [6.07, 6.45) is 0. The summed E-state index contributed by atoms with van der Waals surface area (Å²) in [5.74, 6) is -0.336. The van der Waals surface area contributed by atoms with Gasteiger partial charge in [-0.15, -0.1) is 0 Å². The lowest BCUT2D eigenvalue weighted by Crippen LogP contribution is -2.45. The number of benzene rings is 2. The normalized spacial score (nSPS) is 12.1. The Morgan fingerprint density at radius 1 is 1.07 bits per heavy atom. The molecule has 0 aliphatic carbocycles. The van der Waals surface area contributed by atoms with Crippen LogP contribution in [0, 0.1) is 0 Å². The standard InChI is InChI=1S/C21H23N3O4/c1-3-23-20(26)16-11-7-8-12-17(16)24(21(23)27)18(15-9-5-4-6-10-15)19(25)22-13-14-28-2/h4-12,18H,3,13-14H2,1-2H3,(H,22,25). The highest BCUT2D eigenvalue weighted by molar-refractivity contribution is 5.87. The summed E-state index contributed by atoms with van der Waals surface area (Å²) in [4.78, 5) is 39.0. The van der Waals surface area contributed by atoms with Gasteiger partial charge in [-0.2, -0.15) is 0 Å². The van der Waals surface area contributed by atoms with Gasteiger partial charge in [0.15, 0.2) is 0 Å². The third-order valence-corrected chi connectivity index (χ3v) is 4.62. The minimum Gasteiger partial charge on any atom is -0.383 e. The van der Waals surface area contributed by atoms with Gasteiger partial charge in [0.1, 0.15) is 6.04 Å². The van der Waals surface area contributed by atoms with E-state index >= 15 is 0 Å². The van der Waals surface area contributed by atoms with Gasteiger partial charge in [0.2, 0.25) is 5.91 Å². The smallest absolute Gasteiger partial charge is 0.332 e. The lowest BCUT2D eigenvalue weighted by Gasteiger charge is -2.23. The summed E-state index contributed by atoms with van der Waals surface area (Å²) in [7, 11) is 1.55. The van der Waals surface area contributed by atoms with Gasteiger partial charge < -0.3 is 10.1 Å². The molecular formula is C21H23N3O4. The van der Waals surface area contributed by atoms with E-state index in [0.717, 1.165) is 4.57 Å². The van der Waals surface area contributed by atoms with Crippen LogP contribution in [-0.4, -0.2) is 35.3 Å². The van der Waals surface area contributed by atoms with Gasteiger partial charge in [0, 0.05) is 20.2 Å². The van der Waals surface area contributed by atoms with Crippen LogP contribution in [0.15, 0.2) is 64.2 Å². The number of aromatic nitrogens is 2. The number of amides is 1. The van der Waals surface area contributed by atoms with Crippen LogP contribution in [0.25, 0.3) is 10.9 Å². The Labute approximate surface area is 162 Å². The number of methoxy groups -OCH3 is 1. The second-order valence-electron chi connectivity index (χ2n) is 6.32. The van der Waals surface area contributed by atoms with Gasteiger partial charge in [0.25, 0.3) is 5.56 Å². The zero-order chi connectivity index (χ0) is 20.1. The topological polar surface area (TPSA) is 82.3 Å². The molecule has 0 bridgehead atoms. The number of para-hydroxylation sites is 1. The van der Waals surface area contributed by atoms with Gasteiger partial charge >= 0.3 is 5.69 Å². The molecule has 1 aromatic heterocycles. The summed E-state index contributed by atoms with van der Waals surface area (Å²) >= 11 is 0. The summed E-state index contributed by atoms with van der Waals surface area (Å²) in [6, 6.07) is 15.0. The largest absolute Gasteiger partial charge is 0.383 e. The number of carbonyl (C=O) groups excluding carboxylic acids is 1. The Balaban J connectivity index is 2.29. The number of nitrogens with one attached hydrogen (secondary N) is 1. The van der Waals surface area contributed by atoms with Crippen molar-refractivity contribution in [2.45, 2.75) is 19.5 Å². The third-order valence-electron chi connectivity index (χ3n) is 4.62. The highest BCUT2D eigenvalue weighted by atomic mass is 16.5. The van der Waals surface area contributed by atoms with E-state index in [1.807, 2.05) is 18.2 Å². The second-order valence-corrected chi connectivity index (χ2v) is 6.32. The van der Waals surface area contributed by atoms with E-state index in [2.05, 4.69) is 5.32 Å². The molecule has 3 aromatic rings. The number of fused-ring (bicyclic) bond motifs is 1. The molecule has 3 rings (SSSR count). The van der Waals surface area contributed by atoms with Crippen molar-refractivity contribution in [1.29, 1.82) is 0 Å². The fraction of sp³-hybridized carbons (Fsp3) is 0.286. The van der Waals surface area contributed by atoms with E-state index in [1.165, 1.54) is 4.57 Å². The van der Waals surface area contributed by atoms with Crippen molar-refractivity contribution in [3.8, 4) is 0 Å². The molecule has 7 heteroatoms. The van der Waals surface area contributed by atoms with Crippen molar-refractivity contribution < 1.29 is 9.53 Å². The molecular weight excluding hydrogens is 358 g/mol. The van der Waals surface area contributed by atoms with Crippen molar-refractivity contribution in [3.05, 3.63) is 81.0 Å². The lowest BCUT2D eigenvalue weighted by molar-refractivity contribution is -0.123. The molecule has 0 radical (unpaired) electrons. The maximum atomic E-state index is 13.2. The van der Waals surface area contributed by atoms with Crippen LogP contribution < -0.4 is 16.6 Å². The van der Waals surface area contributed by atoms with E-state index < -0.39 is 11.7 Å². The highest BCUT2D eigenvalue weighted by Crippen LogP contribution is 2.21. The molecule has 28 heavy (non-hydrogen) atoms. The molecule has 0 aliphatic rings. The van der Waals surface area contributed by atoms with Crippen molar-refractivity contribution in [1.82, 2.24) is 14.5 Å². The molecule has 1 heterocycles. The average molecular weight is 381 g/mol. The molecule has 2 aromatic carbocycles. The minimum atomic E-state index is -0.908. The third kappa shape index (κ3) is 3.61. The number of hydrogen-bond acceptors (Lipinski definition) is 4.